The zero-order valence-electron chi connectivity index (χ0n) is 17.5. The van der Waals surface area contributed by atoms with E-state index in [1.165, 1.54) is 14.2 Å². The molecule has 0 aliphatic heterocycles. The molecule has 0 bridgehead atoms. The van der Waals surface area contributed by atoms with Gasteiger partial charge in [0, 0.05) is 18.2 Å². The third-order valence-corrected chi connectivity index (χ3v) is 5.98. The lowest BCUT2D eigenvalue weighted by Crippen LogP contribution is -2.14. The first-order valence-electron chi connectivity index (χ1n) is 9.58. The Kier molecular flexibility index (Phi) is 5.84. The molecule has 3 aromatic heterocycles. The number of carbonyl (C=O) groups is 1. The number of rotatable bonds is 6. The van der Waals surface area contributed by atoms with Crippen LogP contribution in [0.4, 0.5) is 5.69 Å². The Labute approximate surface area is 188 Å². The van der Waals surface area contributed by atoms with Crippen molar-refractivity contribution >= 4 is 45.6 Å². The van der Waals surface area contributed by atoms with Gasteiger partial charge in [0.1, 0.15) is 11.5 Å². The molecule has 1 amide bonds. The molecule has 4 rings (SSSR count). The number of hydrogen-bond donors (Lipinski definition) is 1. The van der Waals surface area contributed by atoms with Crippen molar-refractivity contribution in [2.24, 2.45) is 0 Å². The molecular formula is C22H21ClN4O3S. The molecule has 0 saturated carbocycles. The fourth-order valence-corrected chi connectivity index (χ4v) is 4.20. The molecule has 0 fully saturated rings. The summed E-state index contributed by atoms with van der Waals surface area (Å²) in [5.74, 6) is 0.557. The number of amides is 1. The van der Waals surface area contributed by atoms with Gasteiger partial charge in [0.2, 0.25) is 0 Å². The van der Waals surface area contributed by atoms with E-state index in [0.717, 1.165) is 10.6 Å². The van der Waals surface area contributed by atoms with Gasteiger partial charge in [-0.2, -0.15) is 5.10 Å². The van der Waals surface area contributed by atoms with Gasteiger partial charge in [-0.15, -0.1) is 11.3 Å². The van der Waals surface area contributed by atoms with Crippen LogP contribution in [0.15, 0.2) is 41.9 Å². The number of benzene rings is 1. The first-order chi connectivity index (χ1) is 14.9. The molecule has 9 heteroatoms. The van der Waals surface area contributed by atoms with Gasteiger partial charge in [-0.3, -0.25) is 4.79 Å². The van der Waals surface area contributed by atoms with Gasteiger partial charge in [0.25, 0.3) is 5.91 Å². The summed E-state index contributed by atoms with van der Waals surface area (Å²) in [5, 5.41) is 10.4. The average molecular weight is 457 g/mol. The number of halogens is 1. The Morgan fingerprint density at radius 1 is 1.19 bits per heavy atom. The molecule has 0 atom stereocenters. The maximum absolute atomic E-state index is 13.4. The largest absolute Gasteiger partial charge is 0.495 e. The molecule has 31 heavy (non-hydrogen) atoms. The second-order valence-electron chi connectivity index (χ2n) is 7.09. The minimum atomic E-state index is -0.309. The van der Waals surface area contributed by atoms with E-state index in [4.69, 9.17) is 26.1 Å². The zero-order chi connectivity index (χ0) is 22.1. The van der Waals surface area contributed by atoms with E-state index in [0.29, 0.717) is 38.8 Å². The molecule has 0 saturated heterocycles. The zero-order valence-corrected chi connectivity index (χ0v) is 19.0. The molecule has 1 N–H and O–H groups in total. The van der Waals surface area contributed by atoms with Crippen LogP contribution in [0.2, 0.25) is 5.02 Å². The highest BCUT2D eigenvalue weighted by molar-refractivity contribution is 7.13. The number of ether oxygens (including phenoxy) is 2. The fourth-order valence-electron chi connectivity index (χ4n) is 3.28. The third kappa shape index (κ3) is 3.96. The summed E-state index contributed by atoms with van der Waals surface area (Å²) in [7, 11) is 3.03. The van der Waals surface area contributed by atoms with Crippen LogP contribution < -0.4 is 14.8 Å². The number of anilines is 1. The number of nitrogens with one attached hydrogen (secondary N) is 1. The van der Waals surface area contributed by atoms with Crippen LogP contribution in [-0.2, 0) is 0 Å². The van der Waals surface area contributed by atoms with Crippen LogP contribution in [0.5, 0.6) is 11.5 Å². The van der Waals surface area contributed by atoms with Crippen LogP contribution in [0, 0.1) is 0 Å². The molecule has 0 radical (unpaired) electrons. The standard InChI is InChI=1S/C22H21ClN4O3S/c1-12(2)27-21-14(11-24-27)13(8-17(25-21)20-6-5-7-31-20)22(28)26-16-10-18(29-3)15(23)9-19(16)30-4/h5-12H,1-4H3,(H,26,28). The van der Waals surface area contributed by atoms with Gasteiger partial charge in [0.05, 0.1) is 52.6 Å². The van der Waals surface area contributed by atoms with Crippen LogP contribution in [0.25, 0.3) is 21.6 Å². The van der Waals surface area contributed by atoms with Crippen LogP contribution in [-0.4, -0.2) is 34.9 Å². The van der Waals surface area contributed by atoms with Gasteiger partial charge in [-0.05, 0) is 31.4 Å². The number of aromatic nitrogens is 3. The van der Waals surface area contributed by atoms with Gasteiger partial charge >= 0.3 is 0 Å². The minimum Gasteiger partial charge on any atom is -0.495 e. The second kappa shape index (κ2) is 8.56. The van der Waals surface area contributed by atoms with Crippen molar-refractivity contribution in [3.05, 3.63) is 52.5 Å². The van der Waals surface area contributed by atoms with E-state index >= 15 is 0 Å². The normalized spacial score (nSPS) is 11.2. The Morgan fingerprint density at radius 3 is 2.61 bits per heavy atom. The highest BCUT2D eigenvalue weighted by Crippen LogP contribution is 2.36. The molecule has 7 nitrogen and oxygen atoms in total. The van der Waals surface area contributed by atoms with E-state index in [1.54, 1.807) is 35.7 Å². The summed E-state index contributed by atoms with van der Waals surface area (Å²) in [6.45, 7) is 4.05. The van der Waals surface area contributed by atoms with Crippen molar-refractivity contribution in [2.45, 2.75) is 19.9 Å². The molecule has 1 aromatic carbocycles. The lowest BCUT2D eigenvalue weighted by molar-refractivity contribution is 0.102. The Balaban J connectivity index is 1.83. The summed E-state index contributed by atoms with van der Waals surface area (Å²) < 4.78 is 12.5. The molecule has 3 heterocycles. The van der Waals surface area contributed by atoms with Gasteiger partial charge in [0.15, 0.2) is 5.65 Å². The van der Waals surface area contributed by atoms with Crippen LogP contribution in [0.1, 0.15) is 30.2 Å². The van der Waals surface area contributed by atoms with E-state index < -0.39 is 0 Å². The topological polar surface area (TPSA) is 78.3 Å². The lowest BCUT2D eigenvalue weighted by atomic mass is 10.1. The number of fused-ring (bicyclic) bond motifs is 1. The van der Waals surface area contributed by atoms with E-state index in [9.17, 15) is 4.79 Å². The molecular weight excluding hydrogens is 436 g/mol. The maximum Gasteiger partial charge on any atom is 0.256 e. The number of thiophene rings is 1. The number of pyridine rings is 1. The highest BCUT2D eigenvalue weighted by Gasteiger charge is 2.20. The quantitative estimate of drug-likeness (QED) is 0.404. The number of methoxy groups -OCH3 is 2. The van der Waals surface area contributed by atoms with E-state index in [-0.39, 0.29) is 11.9 Å². The van der Waals surface area contributed by atoms with Crippen molar-refractivity contribution in [3.8, 4) is 22.1 Å². The second-order valence-corrected chi connectivity index (χ2v) is 8.45. The molecule has 0 aliphatic carbocycles. The summed E-state index contributed by atoms with van der Waals surface area (Å²) in [6.07, 6.45) is 1.68. The maximum atomic E-state index is 13.4. The summed E-state index contributed by atoms with van der Waals surface area (Å²) in [4.78, 5) is 19.1. The van der Waals surface area contributed by atoms with Gasteiger partial charge < -0.3 is 14.8 Å². The van der Waals surface area contributed by atoms with Crippen molar-refractivity contribution in [3.63, 3.8) is 0 Å². The molecule has 0 aliphatic rings. The van der Waals surface area contributed by atoms with Crippen LogP contribution >= 0.6 is 22.9 Å². The van der Waals surface area contributed by atoms with Crippen molar-refractivity contribution < 1.29 is 14.3 Å². The van der Waals surface area contributed by atoms with Crippen molar-refractivity contribution in [2.75, 3.05) is 19.5 Å². The number of hydrogen-bond acceptors (Lipinski definition) is 6. The molecule has 0 unspecified atom stereocenters. The summed E-state index contributed by atoms with van der Waals surface area (Å²) in [5.41, 5.74) is 2.30. The number of carbonyl (C=O) groups excluding carboxylic acids is 1. The summed E-state index contributed by atoms with van der Waals surface area (Å²) in [6, 6.07) is 9.05. The van der Waals surface area contributed by atoms with Crippen LogP contribution in [0.3, 0.4) is 0 Å². The SMILES string of the molecule is COc1cc(NC(=O)c2cc(-c3cccs3)nc3c2cnn3C(C)C)c(OC)cc1Cl. The smallest absolute Gasteiger partial charge is 0.256 e. The monoisotopic (exact) mass is 456 g/mol. The van der Waals surface area contributed by atoms with Crippen molar-refractivity contribution in [1.29, 1.82) is 0 Å². The Bertz CT molecular complexity index is 1250. The molecule has 4 aromatic rings. The number of nitrogens with zero attached hydrogens (tertiary/aromatic N) is 3. The molecule has 160 valence electrons. The minimum absolute atomic E-state index is 0.0973. The van der Waals surface area contributed by atoms with E-state index in [2.05, 4.69) is 10.4 Å². The first kappa shape index (κ1) is 21.1. The Hall–Kier alpha value is -3.10. The van der Waals surface area contributed by atoms with E-state index in [1.807, 2.05) is 36.0 Å². The average Bonchev–Trinajstić information content (AvgIpc) is 3.43. The van der Waals surface area contributed by atoms with Gasteiger partial charge in [-0.25, -0.2) is 9.67 Å². The first-order valence-corrected chi connectivity index (χ1v) is 10.8. The van der Waals surface area contributed by atoms with Crippen molar-refractivity contribution in [1.82, 2.24) is 14.8 Å². The predicted molar refractivity (Wildman–Crippen MR) is 124 cm³/mol. The predicted octanol–water partition coefficient (Wildman–Crippen LogP) is 5.66. The highest BCUT2D eigenvalue weighted by atomic mass is 35.5. The third-order valence-electron chi connectivity index (χ3n) is 4.80. The Morgan fingerprint density at radius 2 is 1.97 bits per heavy atom. The lowest BCUT2D eigenvalue weighted by Gasteiger charge is -2.14. The van der Waals surface area contributed by atoms with Gasteiger partial charge in [-0.1, -0.05) is 17.7 Å². The summed E-state index contributed by atoms with van der Waals surface area (Å²) >= 11 is 7.75. The fraction of sp³-hybridized carbons (Fsp3) is 0.227. The molecule has 0 spiro atoms.